The lowest BCUT2D eigenvalue weighted by atomic mass is 10.2. The average molecular weight is 270 g/mol. The molecule has 1 aromatic rings. The Labute approximate surface area is 109 Å². The first kappa shape index (κ1) is 14.1. The lowest BCUT2D eigenvalue weighted by Crippen LogP contribution is -2.29. The molecule has 0 radical (unpaired) electrons. The van der Waals surface area contributed by atoms with Gasteiger partial charge in [0.2, 0.25) is 11.0 Å². The number of hydrogen-bond acceptors (Lipinski definition) is 6. The Morgan fingerprint density at radius 1 is 1.67 bits per heavy atom. The summed E-state index contributed by atoms with van der Waals surface area (Å²) in [5.41, 5.74) is -0.328. The minimum absolute atomic E-state index is 0.143. The van der Waals surface area contributed by atoms with E-state index in [9.17, 15) is 10.1 Å². The molecule has 1 aromatic heterocycles. The van der Waals surface area contributed by atoms with Crippen molar-refractivity contribution in [1.82, 2.24) is 9.97 Å². The minimum atomic E-state index is -0.614. The molecule has 8 heteroatoms. The summed E-state index contributed by atoms with van der Waals surface area (Å²) in [7, 11) is 0. The van der Waals surface area contributed by atoms with Gasteiger partial charge in [-0.2, -0.15) is 5.26 Å². The van der Waals surface area contributed by atoms with Crippen molar-refractivity contribution in [1.29, 1.82) is 5.26 Å². The summed E-state index contributed by atoms with van der Waals surface area (Å²) in [5, 5.41) is 19.6. The van der Waals surface area contributed by atoms with E-state index in [1.807, 2.05) is 6.92 Å². The molecule has 0 aliphatic heterocycles. The lowest BCUT2D eigenvalue weighted by molar-refractivity contribution is -0.384. The van der Waals surface area contributed by atoms with Gasteiger partial charge in [0.15, 0.2) is 0 Å². The van der Waals surface area contributed by atoms with E-state index < -0.39 is 4.92 Å². The molecule has 0 fully saturated rings. The van der Waals surface area contributed by atoms with Crippen LogP contribution in [0.5, 0.6) is 0 Å². The zero-order valence-corrected chi connectivity index (χ0v) is 10.8. The lowest BCUT2D eigenvalue weighted by Gasteiger charge is -2.22. The minimum Gasteiger partial charge on any atom is -0.350 e. The van der Waals surface area contributed by atoms with E-state index in [0.717, 1.165) is 0 Å². The Balaban J connectivity index is 3.18. The molecule has 18 heavy (non-hydrogen) atoms. The van der Waals surface area contributed by atoms with Crippen LogP contribution in [0.25, 0.3) is 0 Å². The van der Waals surface area contributed by atoms with Gasteiger partial charge in [-0.15, -0.1) is 0 Å². The van der Waals surface area contributed by atoms with Crippen LogP contribution < -0.4 is 4.90 Å². The zero-order chi connectivity index (χ0) is 13.7. The molecule has 0 saturated carbocycles. The normalized spacial score (nSPS) is 11.7. The summed E-state index contributed by atoms with van der Waals surface area (Å²) >= 11 is 5.71. The largest absolute Gasteiger partial charge is 0.350 e. The number of halogens is 1. The first-order valence-corrected chi connectivity index (χ1v) is 5.68. The fourth-order valence-electron chi connectivity index (χ4n) is 1.47. The van der Waals surface area contributed by atoms with Crippen LogP contribution in [0.3, 0.4) is 0 Å². The van der Waals surface area contributed by atoms with Crippen molar-refractivity contribution in [2.75, 3.05) is 18.0 Å². The highest BCUT2D eigenvalue weighted by atomic mass is 35.5. The second kappa shape index (κ2) is 6.12. The van der Waals surface area contributed by atoms with Crippen LogP contribution in [-0.4, -0.2) is 28.0 Å². The van der Waals surface area contributed by atoms with Crippen molar-refractivity contribution in [3.05, 3.63) is 21.6 Å². The summed E-state index contributed by atoms with van der Waals surface area (Å²) < 4.78 is 0. The van der Waals surface area contributed by atoms with E-state index in [4.69, 9.17) is 16.9 Å². The predicted molar refractivity (Wildman–Crippen MR) is 66.4 cm³/mol. The Hall–Kier alpha value is -1.94. The molecule has 96 valence electrons. The Morgan fingerprint density at radius 2 is 2.33 bits per heavy atom. The molecule has 0 aliphatic carbocycles. The molecular formula is C10H12ClN5O2. The molecule has 1 atom stereocenters. The topological polar surface area (TPSA) is 96.0 Å². The predicted octanol–water partition coefficient (Wildman–Crippen LogP) is 2.02. The molecule has 0 aromatic carbocycles. The van der Waals surface area contributed by atoms with Gasteiger partial charge in [-0.1, -0.05) is 11.6 Å². The molecule has 0 N–H and O–H groups in total. The highest BCUT2D eigenvalue weighted by molar-refractivity contribution is 6.31. The molecule has 0 bridgehead atoms. The number of nitrogens with zero attached hydrogens (tertiary/aromatic N) is 5. The summed E-state index contributed by atoms with van der Waals surface area (Å²) in [6.45, 7) is 4.39. The Kier molecular flexibility index (Phi) is 4.80. The molecule has 7 nitrogen and oxygen atoms in total. The first-order valence-electron chi connectivity index (χ1n) is 5.30. The summed E-state index contributed by atoms with van der Waals surface area (Å²) in [6.07, 6.45) is 1.17. The number of anilines is 1. The van der Waals surface area contributed by atoms with Crippen molar-refractivity contribution in [2.24, 2.45) is 5.92 Å². The van der Waals surface area contributed by atoms with Crippen LogP contribution in [0.1, 0.15) is 13.8 Å². The average Bonchev–Trinajstić information content (AvgIpc) is 2.34. The third-order valence-corrected chi connectivity index (χ3v) is 2.61. The standard InChI is InChI=1S/C10H12ClN5O2/c1-3-15(5-7(2)4-12)10-8(16(17)18)9(11)13-6-14-10/h6-7H,3,5H2,1-2H3. The van der Waals surface area contributed by atoms with Gasteiger partial charge in [0.1, 0.15) is 6.33 Å². The van der Waals surface area contributed by atoms with E-state index in [-0.39, 0.29) is 22.6 Å². The van der Waals surface area contributed by atoms with E-state index in [2.05, 4.69) is 16.0 Å². The summed E-state index contributed by atoms with van der Waals surface area (Å²) in [6, 6.07) is 2.07. The molecule has 1 rings (SSSR count). The van der Waals surface area contributed by atoms with Crippen LogP contribution in [0.2, 0.25) is 5.15 Å². The van der Waals surface area contributed by atoms with Gasteiger partial charge in [-0.3, -0.25) is 10.1 Å². The van der Waals surface area contributed by atoms with Gasteiger partial charge in [0.25, 0.3) is 0 Å². The van der Waals surface area contributed by atoms with Gasteiger partial charge in [0.05, 0.1) is 16.9 Å². The summed E-state index contributed by atoms with van der Waals surface area (Å²) in [4.78, 5) is 19.5. The number of hydrogen-bond donors (Lipinski definition) is 0. The highest BCUT2D eigenvalue weighted by Gasteiger charge is 2.26. The fourth-order valence-corrected chi connectivity index (χ4v) is 1.67. The number of rotatable bonds is 5. The van der Waals surface area contributed by atoms with Crippen molar-refractivity contribution < 1.29 is 4.92 Å². The first-order chi connectivity index (χ1) is 8.51. The molecule has 1 heterocycles. The monoisotopic (exact) mass is 269 g/mol. The second-order valence-electron chi connectivity index (χ2n) is 3.66. The van der Waals surface area contributed by atoms with Crippen LogP contribution in [0.15, 0.2) is 6.33 Å². The molecule has 0 amide bonds. The van der Waals surface area contributed by atoms with Crippen LogP contribution in [0.4, 0.5) is 11.5 Å². The van der Waals surface area contributed by atoms with Crippen LogP contribution in [-0.2, 0) is 0 Å². The third-order valence-electron chi connectivity index (χ3n) is 2.34. The van der Waals surface area contributed by atoms with E-state index in [1.54, 1.807) is 11.8 Å². The summed E-state index contributed by atoms with van der Waals surface area (Å²) in [5.74, 6) is -0.122. The van der Waals surface area contributed by atoms with Gasteiger partial charge in [-0.05, 0) is 13.8 Å². The van der Waals surface area contributed by atoms with Crippen LogP contribution in [0, 0.1) is 27.4 Å². The third kappa shape index (κ3) is 3.05. The van der Waals surface area contributed by atoms with Crippen molar-refractivity contribution >= 4 is 23.1 Å². The second-order valence-corrected chi connectivity index (χ2v) is 4.02. The van der Waals surface area contributed by atoms with Gasteiger partial charge in [0, 0.05) is 13.1 Å². The molecule has 0 spiro atoms. The number of nitriles is 1. The quantitative estimate of drug-likeness (QED) is 0.461. The fraction of sp³-hybridized carbons (Fsp3) is 0.500. The number of aromatic nitrogens is 2. The maximum atomic E-state index is 11.0. The van der Waals surface area contributed by atoms with Gasteiger partial charge < -0.3 is 4.90 Å². The number of nitro groups is 1. The highest BCUT2D eigenvalue weighted by Crippen LogP contribution is 2.31. The Morgan fingerprint density at radius 3 is 2.83 bits per heavy atom. The maximum Gasteiger partial charge on any atom is 0.348 e. The van der Waals surface area contributed by atoms with E-state index >= 15 is 0 Å². The van der Waals surface area contributed by atoms with Crippen molar-refractivity contribution in [3.8, 4) is 6.07 Å². The zero-order valence-electron chi connectivity index (χ0n) is 10.00. The molecular weight excluding hydrogens is 258 g/mol. The maximum absolute atomic E-state index is 11.0. The molecule has 1 unspecified atom stereocenters. The molecule has 0 saturated heterocycles. The van der Waals surface area contributed by atoms with Crippen molar-refractivity contribution in [2.45, 2.75) is 13.8 Å². The smallest absolute Gasteiger partial charge is 0.348 e. The SMILES string of the molecule is CCN(CC(C)C#N)c1ncnc(Cl)c1[N+](=O)[O-]. The van der Waals surface area contributed by atoms with Gasteiger partial charge >= 0.3 is 5.69 Å². The van der Waals surface area contributed by atoms with E-state index in [1.165, 1.54) is 6.33 Å². The van der Waals surface area contributed by atoms with Crippen LogP contribution >= 0.6 is 11.6 Å². The van der Waals surface area contributed by atoms with E-state index in [0.29, 0.717) is 13.1 Å². The van der Waals surface area contributed by atoms with Gasteiger partial charge in [-0.25, -0.2) is 9.97 Å². The Bertz CT molecular complexity index is 488. The van der Waals surface area contributed by atoms with Crippen molar-refractivity contribution in [3.63, 3.8) is 0 Å². The molecule has 0 aliphatic rings.